The Balaban J connectivity index is 2.33. The topological polar surface area (TPSA) is 46.5 Å². The molecular weight excluding hydrogens is 493 g/mol. The highest BCUT2D eigenvalue weighted by Crippen LogP contribution is 2.45. The molecular formula is C26H21F7O3. The van der Waals surface area contributed by atoms with Gasteiger partial charge in [0.05, 0.1) is 11.5 Å². The van der Waals surface area contributed by atoms with Gasteiger partial charge in [-0.1, -0.05) is 50.2 Å². The molecule has 1 atom stereocenters. The van der Waals surface area contributed by atoms with Gasteiger partial charge in [-0.05, 0) is 64.4 Å². The van der Waals surface area contributed by atoms with Crippen molar-refractivity contribution in [3.63, 3.8) is 0 Å². The number of alkyl halides is 6. The molecule has 0 heterocycles. The first kappa shape index (κ1) is 27.0. The van der Waals surface area contributed by atoms with Gasteiger partial charge in [-0.2, -0.15) is 13.2 Å². The van der Waals surface area contributed by atoms with Crippen molar-refractivity contribution in [2.24, 2.45) is 5.92 Å². The summed E-state index contributed by atoms with van der Waals surface area (Å²) in [6.07, 6.45) is -10.2. The van der Waals surface area contributed by atoms with Gasteiger partial charge in [0.2, 0.25) is 0 Å². The van der Waals surface area contributed by atoms with Gasteiger partial charge in [-0.25, -0.2) is 4.39 Å². The monoisotopic (exact) mass is 514 g/mol. The minimum atomic E-state index is -5.14. The Labute approximate surface area is 202 Å². The van der Waals surface area contributed by atoms with Crippen molar-refractivity contribution in [2.75, 3.05) is 0 Å². The molecule has 36 heavy (non-hydrogen) atoms. The van der Waals surface area contributed by atoms with Crippen molar-refractivity contribution < 1.29 is 45.4 Å². The molecule has 192 valence electrons. The SMILES string of the molecule is CC(C)CC(C(=O)O)c1cc(-c2ccc(OC(F)(F)F)c(F)c2)cc(-c2ccccc2)c1C(F)(F)F. The molecule has 1 N–H and O–H groups in total. The van der Waals surface area contributed by atoms with Crippen LogP contribution < -0.4 is 4.74 Å². The van der Waals surface area contributed by atoms with Gasteiger partial charge < -0.3 is 9.84 Å². The Morgan fingerprint density at radius 3 is 2.03 bits per heavy atom. The second-order valence-corrected chi connectivity index (χ2v) is 8.57. The molecule has 1 unspecified atom stereocenters. The summed E-state index contributed by atoms with van der Waals surface area (Å²) in [6, 6.07) is 12.0. The zero-order valence-corrected chi connectivity index (χ0v) is 19.0. The lowest BCUT2D eigenvalue weighted by atomic mass is 9.82. The quantitative estimate of drug-likeness (QED) is 0.323. The minimum absolute atomic E-state index is 0.00400. The van der Waals surface area contributed by atoms with Gasteiger partial charge in [0.1, 0.15) is 0 Å². The van der Waals surface area contributed by atoms with Crippen LogP contribution in [0.3, 0.4) is 0 Å². The summed E-state index contributed by atoms with van der Waals surface area (Å²) in [6.45, 7) is 3.33. The van der Waals surface area contributed by atoms with Crippen molar-refractivity contribution >= 4 is 5.97 Å². The van der Waals surface area contributed by atoms with Crippen LogP contribution in [-0.4, -0.2) is 17.4 Å². The van der Waals surface area contributed by atoms with Crippen LogP contribution in [-0.2, 0) is 11.0 Å². The maximum atomic E-state index is 14.4. The molecule has 0 saturated carbocycles. The fraction of sp³-hybridized carbons (Fsp3) is 0.269. The number of aliphatic carboxylic acids is 1. The van der Waals surface area contributed by atoms with Crippen LogP contribution in [0.1, 0.15) is 37.3 Å². The second-order valence-electron chi connectivity index (χ2n) is 8.57. The molecule has 0 aliphatic rings. The van der Waals surface area contributed by atoms with Crippen LogP contribution >= 0.6 is 0 Å². The molecule has 3 aromatic rings. The number of carboxylic acids is 1. The summed E-state index contributed by atoms with van der Waals surface area (Å²) in [5, 5.41) is 9.83. The lowest BCUT2D eigenvalue weighted by molar-refractivity contribution is -0.275. The fourth-order valence-corrected chi connectivity index (χ4v) is 3.99. The van der Waals surface area contributed by atoms with E-state index >= 15 is 0 Å². The highest BCUT2D eigenvalue weighted by Gasteiger charge is 2.40. The van der Waals surface area contributed by atoms with Crippen LogP contribution in [0.4, 0.5) is 30.7 Å². The van der Waals surface area contributed by atoms with Gasteiger partial charge in [0.15, 0.2) is 11.6 Å². The van der Waals surface area contributed by atoms with Crippen LogP contribution in [0.5, 0.6) is 5.75 Å². The van der Waals surface area contributed by atoms with E-state index in [4.69, 9.17) is 0 Å². The predicted molar refractivity (Wildman–Crippen MR) is 119 cm³/mol. The van der Waals surface area contributed by atoms with E-state index in [9.17, 15) is 40.6 Å². The molecule has 0 fully saturated rings. The van der Waals surface area contributed by atoms with Crippen LogP contribution in [0.25, 0.3) is 22.3 Å². The molecule has 0 aromatic heterocycles. The third kappa shape index (κ3) is 6.35. The number of benzene rings is 3. The summed E-state index contributed by atoms with van der Waals surface area (Å²) in [4.78, 5) is 12.1. The zero-order chi connectivity index (χ0) is 26.8. The second kappa shape index (κ2) is 10.2. The van der Waals surface area contributed by atoms with Crippen molar-refractivity contribution in [1.29, 1.82) is 0 Å². The van der Waals surface area contributed by atoms with E-state index in [1.165, 1.54) is 24.3 Å². The normalized spacial score (nSPS) is 13.1. The van der Waals surface area contributed by atoms with E-state index in [2.05, 4.69) is 4.74 Å². The van der Waals surface area contributed by atoms with Gasteiger partial charge in [0.25, 0.3) is 0 Å². The first-order chi connectivity index (χ1) is 16.7. The number of halogens is 7. The van der Waals surface area contributed by atoms with E-state index in [-0.39, 0.29) is 34.6 Å². The Hall–Kier alpha value is -3.56. The molecule has 0 amide bonds. The van der Waals surface area contributed by atoms with Gasteiger partial charge in [-0.15, -0.1) is 13.2 Å². The van der Waals surface area contributed by atoms with Gasteiger partial charge in [-0.3, -0.25) is 4.79 Å². The molecule has 0 bridgehead atoms. The summed E-state index contributed by atoms with van der Waals surface area (Å²) < 4.78 is 98.7. The molecule has 3 nitrogen and oxygen atoms in total. The Morgan fingerprint density at radius 2 is 1.53 bits per heavy atom. The van der Waals surface area contributed by atoms with Crippen LogP contribution in [0, 0.1) is 11.7 Å². The maximum Gasteiger partial charge on any atom is 0.573 e. The zero-order valence-electron chi connectivity index (χ0n) is 19.0. The van der Waals surface area contributed by atoms with Crippen molar-refractivity contribution in [2.45, 2.75) is 38.7 Å². The van der Waals surface area contributed by atoms with Crippen LogP contribution in [0.2, 0.25) is 0 Å². The number of carboxylic acid groups (broad SMARTS) is 1. The molecule has 10 heteroatoms. The van der Waals surface area contributed by atoms with Gasteiger partial charge in [0, 0.05) is 0 Å². The summed E-state index contributed by atoms with van der Waals surface area (Å²) in [7, 11) is 0. The molecule has 0 spiro atoms. The lowest BCUT2D eigenvalue weighted by Gasteiger charge is -2.24. The van der Waals surface area contributed by atoms with E-state index in [1.54, 1.807) is 19.9 Å². The molecule has 3 rings (SSSR count). The molecule has 3 aromatic carbocycles. The Bertz CT molecular complexity index is 1230. The van der Waals surface area contributed by atoms with E-state index in [0.717, 1.165) is 18.2 Å². The van der Waals surface area contributed by atoms with Crippen molar-refractivity contribution in [3.05, 3.63) is 77.6 Å². The standard InChI is InChI=1S/C26H21F7O3/c1-14(2)10-20(24(34)35)19-12-17(16-8-9-22(21(27)13-16)36-26(31,32)33)11-18(23(19)25(28,29)30)15-6-4-3-5-7-15/h3-9,11-14,20H,10H2,1-2H3,(H,34,35). The van der Waals surface area contributed by atoms with Gasteiger partial charge >= 0.3 is 18.5 Å². The first-order valence-corrected chi connectivity index (χ1v) is 10.8. The largest absolute Gasteiger partial charge is 0.573 e. The summed E-state index contributed by atoms with van der Waals surface area (Å²) in [5.41, 5.74) is -1.90. The number of hydrogen-bond donors (Lipinski definition) is 1. The lowest BCUT2D eigenvalue weighted by Crippen LogP contribution is -2.20. The highest BCUT2D eigenvalue weighted by molar-refractivity contribution is 5.83. The minimum Gasteiger partial charge on any atom is -0.481 e. The molecule has 0 saturated heterocycles. The number of carbonyl (C=O) groups is 1. The van der Waals surface area contributed by atoms with E-state index < -0.39 is 47.1 Å². The smallest absolute Gasteiger partial charge is 0.481 e. The molecule has 0 aliphatic heterocycles. The maximum absolute atomic E-state index is 14.4. The third-order valence-corrected chi connectivity index (χ3v) is 5.41. The number of hydrogen-bond acceptors (Lipinski definition) is 2. The third-order valence-electron chi connectivity index (χ3n) is 5.41. The summed E-state index contributed by atoms with van der Waals surface area (Å²) >= 11 is 0. The van der Waals surface area contributed by atoms with Crippen LogP contribution in [0.15, 0.2) is 60.7 Å². The van der Waals surface area contributed by atoms with Crippen molar-refractivity contribution in [1.82, 2.24) is 0 Å². The van der Waals surface area contributed by atoms with Crippen molar-refractivity contribution in [3.8, 4) is 28.0 Å². The van der Waals surface area contributed by atoms with E-state index in [1.807, 2.05) is 0 Å². The Morgan fingerprint density at radius 1 is 0.889 bits per heavy atom. The fourth-order valence-electron chi connectivity index (χ4n) is 3.99. The summed E-state index contributed by atoms with van der Waals surface area (Å²) in [5.74, 6) is -5.77. The molecule has 0 aliphatic carbocycles. The number of ether oxygens (including phenoxy) is 1. The average molecular weight is 514 g/mol. The van der Waals surface area contributed by atoms with E-state index in [0.29, 0.717) is 12.1 Å². The highest BCUT2D eigenvalue weighted by atomic mass is 19.4. The molecule has 0 radical (unpaired) electrons. The predicted octanol–water partition coefficient (Wildman–Crippen LogP) is 8.29. The first-order valence-electron chi connectivity index (χ1n) is 10.8. The number of rotatable bonds is 7. The average Bonchev–Trinajstić information content (AvgIpc) is 2.76. The Kier molecular flexibility index (Phi) is 7.66.